The van der Waals surface area contributed by atoms with Gasteiger partial charge in [-0.1, -0.05) is 97.6 Å². The van der Waals surface area contributed by atoms with Crippen LogP contribution < -0.4 is 15.0 Å². The number of para-hydroxylation sites is 1. The fourth-order valence-corrected chi connectivity index (χ4v) is 7.29. The third kappa shape index (κ3) is 8.68. The molecule has 10 heteroatoms. The number of anilines is 1. The fraction of sp³-hybridized carbons (Fsp3) is 0.375. The number of allylic oxidation sites excluding steroid dienone is 1. The Kier molecular flexibility index (Phi) is 11.8. The number of benzene rings is 3. The maximum Gasteiger partial charge on any atom is 0.461 e. The highest BCUT2D eigenvalue weighted by molar-refractivity contribution is 6.30. The number of rotatable bonds is 15. The normalized spacial score (nSPS) is 18.1. The molecule has 0 saturated heterocycles. The van der Waals surface area contributed by atoms with Gasteiger partial charge in [0.15, 0.2) is 0 Å². The average molecular weight is 708 g/mol. The van der Waals surface area contributed by atoms with Crippen molar-refractivity contribution in [2.45, 2.75) is 75.5 Å². The lowest BCUT2D eigenvalue weighted by atomic mass is 9.80. The van der Waals surface area contributed by atoms with Crippen LogP contribution in [0.2, 0.25) is 5.02 Å². The first-order valence-corrected chi connectivity index (χ1v) is 17.6. The van der Waals surface area contributed by atoms with Crippen LogP contribution in [-0.4, -0.2) is 36.9 Å². The summed E-state index contributed by atoms with van der Waals surface area (Å²) in [5, 5.41) is 3.96. The Bertz CT molecular complexity index is 1690. The molecule has 1 N–H and O–H groups in total. The second kappa shape index (κ2) is 16.4. The van der Waals surface area contributed by atoms with Crippen LogP contribution in [0.1, 0.15) is 61.8 Å². The molecule has 1 fully saturated rings. The lowest BCUT2D eigenvalue weighted by Crippen LogP contribution is -2.47. The molecule has 4 aromatic rings. The van der Waals surface area contributed by atoms with Gasteiger partial charge in [-0.25, -0.2) is 0 Å². The standard InChI is InChI=1S/C40H42ClF4N3O2/c41-32-20-22-37(46-26-32)39(25-29-11-4-1-5-12-29,31-13-10-18-36(24-31)50-40(44,45)38(42)43)47-28-49-27-30-19-21-35(23-30)48(33-14-6-2-7-15-33)34-16-8-3-9-17-34/h1-2,4-7,10-15,18,20,22-24,26,30,34,38,47H,3,8-9,16-17,19,21,25,27-28H2/t30?,39-/m1/s1. The number of hydrogen-bond donors (Lipinski definition) is 1. The summed E-state index contributed by atoms with van der Waals surface area (Å²) in [5.74, 6) is -0.182. The van der Waals surface area contributed by atoms with E-state index >= 15 is 0 Å². The highest BCUT2D eigenvalue weighted by Gasteiger charge is 2.44. The van der Waals surface area contributed by atoms with E-state index in [1.165, 1.54) is 67.9 Å². The van der Waals surface area contributed by atoms with Gasteiger partial charge in [0.2, 0.25) is 0 Å². The SMILES string of the molecule is FC(F)C(F)(F)Oc1cccc([C@@](Cc2ccccc2)(NCOCC2C=C(N(c3ccccc3)C3CCCCC3)CC2)c2ccc(Cl)cn2)c1. The Morgan fingerprint density at radius 2 is 1.62 bits per heavy atom. The van der Waals surface area contributed by atoms with Gasteiger partial charge in [0.05, 0.1) is 29.6 Å². The molecule has 3 aromatic carbocycles. The summed E-state index contributed by atoms with van der Waals surface area (Å²) < 4.78 is 65.0. The predicted molar refractivity (Wildman–Crippen MR) is 189 cm³/mol. The van der Waals surface area contributed by atoms with Crippen LogP contribution in [0.3, 0.4) is 0 Å². The molecule has 2 aliphatic rings. The second-order valence-electron chi connectivity index (χ2n) is 13.1. The molecule has 1 saturated carbocycles. The summed E-state index contributed by atoms with van der Waals surface area (Å²) in [5.41, 5.74) is 3.39. The van der Waals surface area contributed by atoms with Gasteiger partial charge in [-0.05, 0) is 73.2 Å². The number of aromatic nitrogens is 1. The summed E-state index contributed by atoms with van der Waals surface area (Å²) in [4.78, 5) is 7.18. The number of nitrogens with zero attached hydrogens (tertiary/aromatic N) is 2. The molecule has 1 unspecified atom stereocenters. The number of ether oxygens (including phenoxy) is 2. The van der Waals surface area contributed by atoms with E-state index in [0.717, 1.165) is 18.4 Å². The van der Waals surface area contributed by atoms with Gasteiger partial charge < -0.3 is 14.4 Å². The van der Waals surface area contributed by atoms with Crippen molar-refractivity contribution in [3.8, 4) is 5.75 Å². The van der Waals surface area contributed by atoms with Gasteiger partial charge >= 0.3 is 12.5 Å². The number of halogens is 5. The molecular weight excluding hydrogens is 666 g/mol. The summed E-state index contributed by atoms with van der Waals surface area (Å²) in [6.45, 7) is 0.573. The zero-order chi connectivity index (χ0) is 35.0. The Morgan fingerprint density at radius 3 is 2.32 bits per heavy atom. The lowest BCUT2D eigenvalue weighted by Gasteiger charge is -2.37. The van der Waals surface area contributed by atoms with Crippen molar-refractivity contribution in [3.63, 3.8) is 0 Å². The molecule has 264 valence electrons. The van der Waals surface area contributed by atoms with E-state index in [4.69, 9.17) is 16.3 Å². The molecule has 2 aliphatic carbocycles. The van der Waals surface area contributed by atoms with Crippen LogP contribution in [-0.2, 0) is 16.7 Å². The van der Waals surface area contributed by atoms with E-state index in [2.05, 4.69) is 56.3 Å². The van der Waals surface area contributed by atoms with E-state index in [-0.39, 0.29) is 12.6 Å². The highest BCUT2D eigenvalue weighted by Crippen LogP contribution is 2.38. The summed E-state index contributed by atoms with van der Waals surface area (Å²) in [6, 6.07) is 30.0. The van der Waals surface area contributed by atoms with Crippen molar-refractivity contribution < 1.29 is 27.0 Å². The maximum atomic E-state index is 14.0. The lowest BCUT2D eigenvalue weighted by molar-refractivity contribution is -0.253. The molecular formula is C40H42ClF4N3O2. The summed E-state index contributed by atoms with van der Waals surface area (Å²) in [6.07, 6.45) is 3.65. The van der Waals surface area contributed by atoms with Crippen LogP contribution in [0.5, 0.6) is 5.75 Å². The van der Waals surface area contributed by atoms with Gasteiger partial charge in [-0.15, -0.1) is 0 Å². The van der Waals surface area contributed by atoms with E-state index in [0.29, 0.717) is 35.3 Å². The first kappa shape index (κ1) is 35.9. The van der Waals surface area contributed by atoms with Gasteiger partial charge in [0, 0.05) is 36.0 Å². The molecule has 50 heavy (non-hydrogen) atoms. The Labute approximate surface area is 296 Å². The van der Waals surface area contributed by atoms with Crippen LogP contribution in [0.15, 0.2) is 115 Å². The minimum absolute atomic E-state index is 0.0973. The molecule has 0 radical (unpaired) electrons. The van der Waals surface area contributed by atoms with Crippen molar-refractivity contribution >= 4 is 17.3 Å². The molecule has 5 nitrogen and oxygen atoms in total. The molecule has 0 spiro atoms. The zero-order valence-corrected chi connectivity index (χ0v) is 28.6. The number of nitrogens with one attached hydrogen (secondary N) is 1. The Hall–Kier alpha value is -3.92. The smallest absolute Gasteiger partial charge is 0.428 e. The van der Waals surface area contributed by atoms with E-state index in [1.807, 2.05) is 30.3 Å². The predicted octanol–water partition coefficient (Wildman–Crippen LogP) is 10.2. The molecule has 0 amide bonds. The molecule has 1 aromatic heterocycles. The molecule has 1 heterocycles. The maximum absolute atomic E-state index is 14.0. The largest absolute Gasteiger partial charge is 0.461 e. The molecule has 2 atom stereocenters. The number of hydrogen-bond acceptors (Lipinski definition) is 5. The summed E-state index contributed by atoms with van der Waals surface area (Å²) in [7, 11) is 0. The Morgan fingerprint density at radius 1 is 0.880 bits per heavy atom. The van der Waals surface area contributed by atoms with E-state index in [9.17, 15) is 17.6 Å². The minimum Gasteiger partial charge on any atom is -0.428 e. The number of pyridine rings is 1. The van der Waals surface area contributed by atoms with Crippen molar-refractivity contribution in [2.75, 3.05) is 18.2 Å². The highest BCUT2D eigenvalue weighted by atomic mass is 35.5. The van der Waals surface area contributed by atoms with Crippen molar-refractivity contribution in [3.05, 3.63) is 137 Å². The monoisotopic (exact) mass is 707 g/mol. The van der Waals surface area contributed by atoms with Gasteiger partial charge in [0.1, 0.15) is 5.75 Å². The Balaban J connectivity index is 1.25. The fourth-order valence-electron chi connectivity index (χ4n) is 7.18. The van der Waals surface area contributed by atoms with Crippen LogP contribution in [0, 0.1) is 5.92 Å². The van der Waals surface area contributed by atoms with Crippen molar-refractivity contribution in [1.82, 2.24) is 10.3 Å². The van der Waals surface area contributed by atoms with E-state index in [1.54, 1.807) is 18.2 Å². The minimum atomic E-state index is -4.66. The molecule has 0 aliphatic heterocycles. The zero-order valence-electron chi connectivity index (χ0n) is 27.8. The van der Waals surface area contributed by atoms with Crippen LogP contribution in [0.4, 0.5) is 23.2 Å². The topological polar surface area (TPSA) is 46.6 Å². The van der Waals surface area contributed by atoms with Crippen molar-refractivity contribution in [1.29, 1.82) is 0 Å². The third-order valence-electron chi connectivity index (χ3n) is 9.60. The third-order valence-corrected chi connectivity index (χ3v) is 9.83. The van der Waals surface area contributed by atoms with Gasteiger partial charge in [-0.2, -0.15) is 17.6 Å². The van der Waals surface area contributed by atoms with E-state index < -0.39 is 23.8 Å². The van der Waals surface area contributed by atoms with Crippen LogP contribution in [0.25, 0.3) is 0 Å². The first-order chi connectivity index (χ1) is 24.2. The molecule has 6 rings (SSSR count). The average Bonchev–Trinajstić information content (AvgIpc) is 3.59. The van der Waals surface area contributed by atoms with Crippen LogP contribution >= 0.6 is 11.6 Å². The van der Waals surface area contributed by atoms with Gasteiger partial charge in [-0.3, -0.25) is 10.3 Å². The number of alkyl halides is 4. The van der Waals surface area contributed by atoms with Crippen molar-refractivity contribution in [2.24, 2.45) is 5.92 Å². The van der Waals surface area contributed by atoms with Gasteiger partial charge in [0.25, 0.3) is 0 Å². The quantitative estimate of drug-likeness (QED) is 0.0757. The first-order valence-electron chi connectivity index (χ1n) is 17.2. The second-order valence-corrected chi connectivity index (χ2v) is 13.5. The summed E-state index contributed by atoms with van der Waals surface area (Å²) >= 11 is 6.23. The molecule has 0 bridgehead atoms.